The zero-order valence-corrected chi connectivity index (χ0v) is 10.4. The normalized spacial score (nSPS) is 12.8. The molecule has 1 N–H and O–H groups in total. The Bertz CT molecular complexity index is 304. The van der Waals surface area contributed by atoms with Crippen LogP contribution in [0.5, 0.6) is 0 Å². The fraction of sp³-hybridized carbons (Fsp3) is 0.571. The molecule has 0 aliphatic rings. The van der Waals surface area contributed by atoms with E-state index in [-0.39, 0.29) is 0 Å². The van der Waals surface area contributed by atoms with Gasteiger partial charge in [-0.3, -0.25) is 0 Å². The van der Waals surface area contributed by atoms with Gasteiger partial charge in [-0.15, -0.1) is 0 Å². The highest BCUT2D eigenvalue weighted by Crippen LogP contribution is 2.16. The van der Waals surface area contributed by atoms with Crippen molar-refractivity contribution in [3.8, 4) is 0 Å². The Morgan fingerprint density at radius 3 is 2.53 bits per heavy atom. The summed E-state index contributed by atoms with van der Waals surface area (Å²) in [5.74, 6) is 0. The zero-order valence-electron chi connectivity index (χ0n) is 10.4. The Morgan fingerprint density at radius 1 is 1.20 bits per heavy atom. The van der Waals surface area contributed by atoms with Gasteiger partial charge in [0.25, 0.3) is 0 Å². The van der Waals surface area contributed by atoms with Crippen LogP contribution in [-0.4, -0.2) is 6.54 Å². The Kier molecular flexibility index (Phi) is 4.83. The molecule has 84 valence electrons. The third-order valence-electron chi connectivity index (χ3n) is 3.01. The molecule has 1 atom stereocenters. The van der Waals surface area contributed by atoms with E-state index in [0.717, 1.165) is 6.54 Å². The number of benzene rings is 1. The highest BCUT2D eigenvalue weighted by molar-refractivity contribution is 5.31. The molecule has 0 aromatic heterocycles. The molecule has 0 fully saturated rings. The second kappa shape index (κ2) is 5.92. The minimum absolute atomic E-state index is 0.468. The number of unbranched alkanes of at least 4 members (excludes halogenated alkanes) is 1. The maximum atomic E-state index is 3.55. The van der Waals surface area contributed by atoms with Gasteiger partial charge in [-0.25, -0.2) is 0 Å². The molecule has 0 saturated carbocycles. The van der Waals surface area contributed by atoms with Crippen molar-refractivity contribution in [2.45, 2.75) is 46.6 Å². The van der Waals surface area contributed by atoms with Gasteiger partial charge in [0.1, 0.15) is 0 Å². The number of rotatable bonds is 5. The van der Waals surface area contributed by atoms with Crippen molar-refractivity contribution in [3.05, 3.63) is 34.9 Å². The molecule has 1 aromatic rings. The summed E-state index contributed by atoms with van der Waals surface area (Å²) in [6, 6.07) is 7.20. The van der Waals surface area contributed by atoms with E-state index in [4.69, 9.17) is 0 Å². The van der Waals surface area contributed by atoms with E-state index < -0.39 is 0 Å². The summed E-state index contributed by atoms with van der Waals surface area (Å²) >= 11 is 0. The maximum absolute atomic E-state index is 3.55. The van der Waals surface area contributed by atoms with E-state index in [1.807, 2.05) is 0 Å². The average molecular weight is 205 g/mol. The molecular weight excluding hydrogens is 182 g/mol. The Labute approximate surface area is 93.9 Å². The van der Waals surface area contributed by atoms with Crippen LogP contribution in [0, 0.1) is 13.8 Å². The first-order valence-corrected chi connectivity index (χ1v) is 5.95. The van der Waals surface area contributed by atoms with Gasteiger partial charge < -0.3 is 5.32 Å². The molecular formula is C14H23N. The van der Waals surface area contributed by atoms with Crippen LogP contribution in [0.4, 0.5) is 0 Å². The van der Waals surface area contributed by atoms with Crippen molar-refractivity contribution >= 4 is 0 Å². The van der Waals surface area contributed by atoms with Crippen LogP contribution in [0.15, 0.2) is 18.2 Å². The van der Waals surface area contributed by atoms with Crippen molar-refractivity contribution in [3.63, 3.8) is 0 Å². The summed E-state index contributed by atoms with van der Waals surface area (Å²) in [6.07, 6.45) is 2.52. The van der Waals surface area contributed by atoms with Crippen LogP contribution in [0.1, 0.15) is 49.4 Å². The molecule has 0 amide bonds. The molecule has 1 nitrogen and oxygen atoms in total. The summed E-state index contributed by atoms with van der Waals surface area (Å²) < 4.78 is 0. The molecule has 0 bridgehead atoms. The highest BCUT2D eigenvalue weighted by Gasteiger charge is 2.04. The van der Waals surface area contributed by atoms with E-state index in [9.17, 15) is 0 Å². The minimum Gasteiger partial charge on any atom is -0.310 e. The summed E-state index contributed by atoms with van der Waals surface area (Å²) in [4.78, 5) is 0. The number of hydrogen-bond donors (Lipinski definition) is 1. The van der Waals surface area contributed by atoms with Crippen LogP contribution in [0.25, 0.3) is 0 Å². The van der Waals surface area contributed by atoms with Crippen LogP contribution < -0.4 is 5.32 Å². The van der Waals surface area contributed by atoms with E-state index in [1.165, 1.54) is 29.5 Å². The van der Waals surface area contributed by atoms with Gasteiger partial charge in [0.15, 0.2) is 0 Å². The van der Waals surface area contributed by atoms with Crippen LogP contribution in [0.3, 0.4) is 0 Å². The molecule has 15 heavy (non-hydrogen) atoms. The molecule has 0 saturated heterocycles. The summed E-state index contributed by atoms with van der Waals surface area (Å²) in [5.41, 5.74) is 4.16. The maximum Gasteiger partial charge on any atom is 0.0291 e. The Morgan fingerprint density at radius 2 is 1.93 bits per heavy atom. The minimum atomic E-state index is 0.468. The first-order chi connectivity index (χ1) is 7.15. The van der Waals surface area contributed by atoms with Crippen molar-refractivity contribution in [1.29, 1.82) is 0 Å². The smallest absolute Gasteiger partial charge is 0.0291 e. The van der Waals surface area contributed by atoms with Crippen LogP contribution in [0.2, 0.25) is 0 Å². The van der Waals surface area contributed by atoms with Crippen LogP contribution in [-0.2, 0) is 0 Å². The van der Waals surface area contributed by atoms with Gasteiger partial charge in [0.05, 0.1) is 0 Å². The molecule has 0 spiro atoms. The van der Waals surface area contributed by atoms with E-state index in [0.29, 0.717) is 6.04 Å². The van der Waals surface area contributed by atoms with Gasteiger partial charge in [0.2, 0.25) is 0 Å². The fourth-order valence-electron chi connectivity index (χ4n) is 1.65. The van der Waals surface area contributed by atoms with Gasteiger partial charge in [-0.2, -0.15) is 0 Å². The van der Waals surface area contributed by atoms with Crippen molar-refractivity contribution < 1.29 is 0 Å². The predicted octanol–water partition coefficient (Wildman–Crippen LogP) is 3.75. The topological polar surface area (TPSA) is 12.0 Å². The lowest BCUT2D eigenvalue weighted by atomic mass is 10.0. The lowest BCUT2D eigenvalue weighted by molar-refractivity contribution is 0.554. The average Bonchev–Trinajstić information content (AvgIpc) is 2.22. The largest absolute Gasteiger partial charge is 0.310 e. The van der Waals surface area contributed by atoms with E-state index in [1.54, 1.807) is 0 Å². The fourth-order valence-corrected chi connectivity index (χ4v) is 1.65. The first-order valence-electron chi connectivity index (χ1n) is 5.95. The zero-order chi connectivity index (χ0) is 11.3. The monoisotopic (exact) mass is 205 g/mol. The molecule has 0 aliphatic carbocycles. The lowest BCUT2D eigenvalue weighted by Crippen LogP contribution is -2.19. The van der Waals surface area contributed by atoms with Crippen LogP contribution >= 0.6 is 0 Å². The van der Waals surface area contributed by atoms with E-state index in [2.05, 4.69) is 51.2 Å². The molecule has 1 rings (SSSR count). The summed E-state index contributed by atoms with van der Waals surface area (Å²) in [5, 5.41) is 3.55. The highest BCUT2D eigenvalue weighted by atomic mass is 14.9. The van der Waals surface area contributed by atoms with Crippen molar-refractivity contribution in [2.75, 3.05) is 6.54 Å². The molecule has 1 heteroatoms. The molecule has 1 aromatic carbocycles. The molecule has 0 radical (unpaired) electrons. The molecule has 0 heterocycles. The second-order valence-electron chi connectivity index (χ2n) is 4.37. The third-order valence-corrected chi connectivity index (χ3v) is 3.01. The SMILES string of the molecule is CCCCN[C@@H](C)c1ccc(C)c(C)c1. The predicted molar refractivity (Wildman–Crippen MR) is 67.2 cm³/mol. The number of aryl methyl sites for hydroxylation is 2. The third kappa shape index (κ3) is 3.67. The quantitative estimate of drug-likeness (QED) is 0.722. The number of nitrogens with one attached hydrogen (secondary N) is 1. The van der Waals surface area contributed by atoms with Gasteiger partial charge >= 0.3 is 0 Å². The molecule has 0 unspecified atom stereocenters. The summed E-state index contributed by atoms with van der Waals surface area (Å²) in [6.45, 7) is 9.92. The Balaban J connectivity index is 2.57. The summed E-state index contributed by atoms with van der Waals surface area (Å²) in [7, 11) is 0. The standard InChI is InChI=1S/C14H23N/c1-5-6-9-15-13(4)14-8-7-11(2)12(3)10-14/h7-8,10,13,15H,5-6,9H2,1-4H3/t13-/m0/s1. The van der Waals surface area contributed by atoms with Crippen molar-refractivity contribution in [1.82, 2.24) is 5.32 Å². The first kappa shape index (κ1) is 12.3. The van der Waals surface area contributed by atoms with Crippen molar-refractivity contribution in [2.24, 2.45) is 0 Å². The molecule has 0 aliphatic heterocycles. The van der Waals surface area contributed by atoms with Gasteiger partial charge in [-0.05, 0) is 50.4 Å². The second-order valence-corrected chi connectivity index (χ2v) is 4.37. The lowest BCUT2D eigenvalue weighted by Gasteiger charge is -2.15. The van der Waals surface area contributed by atoms with Gasteiger partial charge in [0, 0.05) is 6.04 Å². The Hall–Kier alpha value is -0.820. The van der Waals surface area contributed by atoms with E-state index >= 15 is 0 Å². The number of hydrogen-bond acceptors (Lipinski definition) is 1. The van der Waals surface area contributed by atoms with Gasteiger partial charge in [-0.1, -0.05) is 31.5 Å².